The highest BCUT2D eigenvalue weighted by Crippen LogP contribution is 2.29. The van der Waals surface area contributed by atoms with Crippen molar-refractivity contribution in [2.24, 2.45) is 0 Å². The van der Waals surface area contributed by atoms with E-state index in [-0.39, 0.29) is 17.9 Å². The number of nitrogens with zero attached hydrogens (tertiary/aromatic N) is 3. The van der Waals surface area contributed by atoms with Crippen molar-refractivity contribution >= 4 is 16.8 Å². The second kappa shape index (κ2) is 6.09. The Labute approximate surface area is 139 Å². The number of carbonyl (C=O) groups is 1. The zero-order valence-electron chi connectivity index (χ0n) is 13.4. The molecular formula is C17H19N5O2. The van der Waals surface area contributed by atoms with E-state index >= 15 is 0 Å². The molecule has 3 heterocycles. The van der Waals surface area contributed by atoms with E-state index in [1.807, 2.05) is 37.5 Å². The second-order valence-corrected chi connectivity index (χ2v) is 6.11. The molecule has 0 saturated carbocycles. The summed E-state index contributed by atoms with van der Waals surface area (Å²) in [7, 11) is 1.81. The second-order valence-electron chi connectivity index (χ2n) is 6.11. The maximum atomic E-state index is 12.9. The van der Waals surface area contributed by atoms with E-state index in [1.165, 1.54) is 6.33 Å². The molecule has 1 aliphatic rings. The van der Waals surface area contributed by atoms with Crippen molar-refractivity contribution in [3.05, 3.63) is 48.2 Å². The monoisotopic (exact) mass is 325 g/mol. The Morgan fingerprint density at radius 3 is 3.17 bits per heavy atom. The summed E-state index contributed by atoms with van der Waals surface area (Å²) in [6.45, 7) is 1.19. The molecule has 0 aliphatic carbocycles. The molecule has 0 spiro atoms. The van der Waals surface area contributed by atoms with Crippen LogP contribution in [-0.2, 0) is 4.74 Å². The van der Waals surface area contributed by atoms with Crippen LogP contribution in [0.25, 0.3) is 10.9 Å². The molecule has 0 radical (unpaired) electrons. The number of hydrogen-bond donors (Lipinski definition) is 2. The number of carbonyl (C=O) groups excluding carboxylic acids is 1. The van der Waals surface area contributed by atoms with Crippen LogP contribution >= 0.6 is 0 Å². The molecule has 1 fully saturated rings. The number of nitrogens with one attached hydrogen (secondary N) is 2. The third kappa shape index (κ3) is 2.56. The number of ether oxygens (including phenoxy) is 1. The van der Waals surface area contributed by atoms with Crippen molar-refractivity contribution in [2.75, 3.05) is 20.2 Å². The van der Waals surface area contributed by atoms with Gasteiger partial charge in [-0.05, 0) is 18.6 Å². The van der Waals surface area contributed by atoms with Crippen LogP contribution in [0.5, 0.6) is 0 Å². The van der Waals surface area contributed by atoms with E-state index < -0.39 is 0 Å². The third-order valence-corrected chi connectivity index (χ3v) is 4.61. The van der Waals surface area contributed by atoms with Crippen molar-refractivity contribution in [3.63, 3.8) is 0 Å². The molecule has 7 heteroatoms. The summed E-state index contributed by atoms with van der Waals surface area (Å²) < 4.78 is 5.83. The van der Waals surface area contributed by atoms with Crippen LogP contribution in [0.15, 0.2) is 36.8 Å². The zero-order chi connectivity index (χ0) is 16.5. The van der Waals surface area contributed by atoms with Crippen LogP contribution in [0.4, 0.5) is 0 Å². The molecule has 4 rings (SSSR count). The number of H-pyrrole nitrogens is 2. The fraction of sp³-hybridized carbons (Fsp3) is 0.353. The number of para-hydroxylation sites is 1. The van der Waals surface area contributed by atoms with Gasteiger partial charge >= 0.3 is 0 Å². The smallest absolute Gasteiger partial charge is 0.255 e. The first-order valence-electron chi connectivity index (χ1n) is 8.02. The van der Waals surface area contributed by atoms with Crippen molar-refractivity contribution in [1.29, 1.82) is 0 Å². The average Bonchev–Trinajstić information content (AvgIpc) is 3.33. The van der Waals surface area contributed by atoms with E-state index in [4.69, 9.17) is 4.74 Å². The maximum absolute atomic E-state index is 12.9. The lowest BCUT2D eigenvalue weighted by Gasteiger charge is -2.24. The normalized spacial score (nSPS) is 20.5. The van der Waals surface area contributed by atoms with Crippen molar-refractivity contribution in [3.8, 4) is 0 Å². The molecule has 1 aromatic carbocycles. The molecule has 24 heavy (non-hydrogen) atoms. The van der Waals surface area contributed by atoms with E-state index in [0.717, 1.165) is 23.1 Å². The standard InChI is InChI=1S/C17H19N5O2/c1-22(9-14-12(6-8-24-14)16-19-10-20-21-16)17(23)13-4-2-3-11-5-7-18-15(11)13/h2-5,7,10,12,14,18H,6,8-9H2,1H3,(H,19,20,21)/t12-,14-/m1/s1. The van der Waals surface area contributed by atoms with Crippen LogP contribution in [0.3, 0.4) is 0 Å². The van der Waals surface area contributed by atoms with Crippen molar-refractivity contribution in [2.45, 2.75) is 18.4 Å². The van der Waals surface area contributed by atoms with Gasteiger partial charge in [0.05, 0.1) is 17.2 Å². The van der Waals surface area contributed by atoms with Gasteiger partial charge in [-0.25, -0.2) is 4.98 Å². The summed E-state index contributed by atoms with van der Waals surface area (Å²) in [6.07, 6.45) is 4.16. The van der Waals surface area contributed by atoms with Crippen molar-refractivity contribution < 1.29 is 9.53 Å². The number of aromatic nitrogens is 4. The number of likely N-dealkylation sites (N-methyl/N-ethyl adjacent to an activating group) is 1. The van der Waals surface area contributed by atoms with Gasteiger partial charge in [-0.15, -0.1) is 0 Å². The number of amides is 1. The lowest BCUT2D eigenvalue weighted by atomic mass is 10.00. The maximum Gasteiger partial charge on any atom is 0.255 e. The fourth-order valence-corrected chi connectivity index (χ4v) is 3.36. The Morgan fingerprint density at radius 1 is 1.42 bits per heavy atom. The summed E-state index contributed by atoms with van der Waals surface area (Å²) in [5, 5.41) is 7.86. The van der Waals surface area contributed by atoms with Gasteiger partial charge in [0.1, 0.15) is 12.2 Å². The molecule has 2 atom stereocenters. The van der Waals surface area contributed by atoms with E-state index in [1.54, 1.807) is 4.90 Å². The van der Waals surface area contributed by atoms with Crippen LogP contribution in [0, 0.1) is 0 Å². The predicted octanol–water partition coefficient (Wildman–Crippen LogP) is 1.93. The lowest BCUT2D eigenvalue weighted by Crippen LogP contribution is -2.36. The quantitative estimate of drug-likeness (QED) is 0.767. The molecule has 124 valence electrons. The molecular weight excluding hydrogens is 306 g/mol. The Kier molecular flexibility index (Phi) is 3.78. The van der Waals surface area contributed by atoms with Crippen LogP contribution in [-0.4, -0.2) is 57.3 Å². The first-order valence-corrected chi connectivity index (χ1v) is 8.02. The minimum Gasteiger partial charge on any atom is -0.376 e. The van der Waals surface area contributed by atoms with Gasteiger partial charge in [0, 0.05) is 37.7 Å². The van der Waals surface area contributed by atoms with Crippen molar-refractivity contribution in [1.82, 2.24) is 25.1 Å². The third-order valence-electron chi connectivity index (χ3n) is 4.61. The molecule has 1 aliphatic heterocycles. The van der Waals surface area contributed by atoms with E-state index in [9.17, 15) is 4.79 Å². The number of benzene rings is 1. The summed E-state index contributed by atoms with van der Waals surface area (Å²) in [5.74, 6) is 0.948. The molecule has 3 aromatic rings. The average molecular weight is 325 g/mol. The van der Waals surface area contributed by atoms with Crippen LogP contribution < -0.4 is 0 Å². The number of hydrogen-bond acceptors (Lipinski definition) is 4. The number of aromatic amines is 2. The van der Waals surface area contributed by atoms with Gasteiger partial charge in [-0.2, -0.15) is 5.10 Å². The van der Waals surface area contributed by atoms with Gasteiger partial charge in [0.15, 0.2) is 0 Å². The zero-order valence-corrected chi connectivity index (χ0v) is 13.4. The number of fused-ring (bicyclic) bond motifs is 1. The SMILES string of the molecule is CN(C[C@H]1OCC[C@H]1c1ncn[nH]1)C(=O)c1cccc2cc[nH]c12. The Hall–Kier alpha value is -2.67. The summed E-state index contributed by atoms with van der Waals surface area (Å²) in [6, 6.07) is 7.70. The highest BCUT2D eigenvalue weighted by molar-refractivity contribution is 6.05. The Bertz CT molecular complexity index is 842. The van der Waals surface area contributed by atoms with Gasteiger partial charge in [0.2, 0.25) is 0 Å². The topological polar surface area (TPSA) is 86.9 Å². The number of rotatable bonds is 4. The minimum atomic E-state index is -0.0743. The first-order chi connectivity index (χ1) is 11.7. The molecule has 0 unspecified atom stereocenters. The lowest BCUT2D eigenvalue weighted by molar-refractivity contribution is 0.0551. The predicted molar refractivity (Wildman–Crippen MR) is 88.7 cm³/mol. The van der Waals surface area contributed by atoms with Gasteiger partial charge in [-0.1, -0.05) is 12.1 Å². The van der Waals surface area contributed by atoms with E-state index in [2.05, 4.69) is 20.2 Å². The Morgan fingerprint density at radius 2 is 2.33 bits per heavy atom. The summed E-state index contributed by atoms with van der Waals surface area (Å²) in [5.41, 5.74) is 1.54. The summed E-state index contributed by atoms with van der Waals surface area (Å²) >= 11 is 0. The molecule has 0 bridgehead atoms. The van der Waals surface area contributed by atoms with Crippen LogP contribution in [0.1, 0.15) is 28.5 Å². The van der Waals surface area contributed by atoms with Gasteiger partial charge in [-0.3, -0.25) is 9.89 Å². The van der Waals surface area contributed by atoms with Gasteiger partial charge < -0.3 is 14.6 Å². The fourth-order valence-electron chi connectivity index (χ4n) is 3.36. The summed E-state index contributed by atoms with van der Waals surface area (Å²) in [4.78, 5) is 22.0. The largest absolute Gasteiger partial charge is 0.376 e. The first kappa shape index (κ1) is 14.9. The Balaban J connectivity index is 1.52. The molecule has 2 N–H and O–H groups in total. The van der Waals surface area contributed by atoms with Gasteiger partial charge in [0.25, 0.3) is 5.91 Å². The molecule has 1 amide bonds. The highest BCUT2D eigenvalue weighted by Gasteiger charge is 2.33. The van der Waals surface area contributed by atoms with E-state index in [0.29, 0.717) is 18.7 Å². The molecule has 1 saturated heterocycles. The minimum absolute atomic E-state index is 0.0186. The van der Waals surface area contributed by atoms with Crippen LogP contribution in [0.2, 0.25) is 0 Å². The molecule has 2 aromatic heterocycles. The molecule has 7 nitrogen and oxygen atoms in total. The highest BCUT2D eigenvalue weighted by atomic mass is 16.5.